The fourth-order valence-electron chi connectivity index (χ4n) is 4.38. The van der Waals surface area contributed by atoms with Gasteiger partial charge >= 0.3 is 0 Å². The summed E-state index contributed by atoms with van der Waals surface area (Å²) in [5.41, 5.74) is 2.88. The molecule has 1 aromatic carbocycles. The largest absolute Gasteiger partial charge is 0.373 e. The lowest BCUT2D eigenvalue weighted by molar-refractivity contribution is 0.0676. The smallest absolute Gasteiger partial charge is 0.253 e. The maximum absolute atomic E-state index is 12.9. The van der Waals surface area contributed by atoms with Crippen LogP contribution in [-0.4, -0.2) is 40.9 Å². The molecule has 2 N–H and O–H groups in total. The van der Waals surface area contributed by atoms with Crippen molar-refractivity contribution in [2.45, 2.75) is 25.2 Å². The van der Waals surface area contributed by atoms with Crippen molar-refractivity contribution < 1.29 is 4.79 Å². The van der Waals surface area contributed by atoms with E-state index in [9.17, 15) is 4.79 Å². The maximum atomic E-state index is 12.9. The Balaban J connectivity index is 1.46. The number of carbonyl (C=O) groups is 1. The number of nitrogens with zero attached hydrogens (tertiary/aromatic N) is 2. The molecular weight excluding hydrogens is 431 g/mol. The Morgan fingerprint density at radius 3 is 2.65 bits per heavy atom. The monoisotopic (exact) mass is 456 g/mol. The SMILES string of the molecule is CNc1cccc(CC(c2ccc[nH]2)C2CCN(C(=O)c3ccc(Cl)c(Cl)c3)CC2)n1. The highest BCUT2D eigenvalue weighted by Gasteiger charge is 2.31. The summed E-state index contributed by atoms with van der Waals surface area (Å²) in [6.45, 7) is 1.45. The molecule has 1 aliphatic heterocycles. The number of rotatable bonds is 6. The quantitative estimate of drug-likeness (QED) is 0.504. The van der Waals surface area contributed by atoms with Crippen LogP contribution in [0.4, 0.5) is 5.82 Å². The highest BCUT2D eigenvalue weighted by molar-refractivity contribution is 6.42. The summed E-state index contributed by atoms with van der Waals surface area (Å²) in [4.78, 5) is 23.0. The van der Waals surface area contributed by atoms with E-state index in [2.05, 4.69) is 22.4 Å². The number of likely N-dealkylation sites (tertiary alicyclic amines) is 1. The first-order valence-corrected chi connectivity index (χ1v) is 11.3. The van der Waals surface area contributed by atoms with Crippen molar-refractivity contribution in [3.05, 3.63) is 81.7 Å². The summed E-state index contributed by atoms with van der Waals surface area (Å²) < 4.78 is 0. The van der Waals surface area contributed by atoms with Crippen LogP contribution >= 0.6 is 23.2 Å². The van der Waals surface area contributed by atoms with E-state index in [-0.39, 0.29) is 5.91 Å². The molecule has 3 aromatic rings. The zero-order chi connectivity index (χ0) is 21.8. The van der Waals surface area contributed by atoms with Gasteiger partial charge in [0, 0.05) is 49.2 Å². The Bertz CT molecular complexity index is 1030. The van der Waals surface area contributed by atoms with Gasteiger partial charge in [-0.2, -0.15) is 0 Å². The third-order valence-electron chi connectivity index (χ3n) is 6.08. The highest BCUT2D eigenvalue weighted by Crippen LogP contribution is 2.35. The zero-order valence-electron chi connectivity index (χ0n) is 17.4. The molecule has 3 heterocycles. The van der Waals surface area contributed by atoms with E-state index in [1.807, 2.05) is 36.3 Å². The Kier molecular flexibility index (Phi) is 6.83. The van der Waals surface area contributed by atoms with Gasteiger partial charge in [0.2, 0.25) is 0 Å². The van der Waals surface area contributed by atoms with Crippen LogP contribution < -0.4 is 5.32 Å². The molecule has 1 saturated heterocycles. The van der Waals surface area contributed by atoms with E-state index < -0.39 is 0 Å². The number of amides is 1. The summed E-state index contributed by atoms with van der Waals surface area (Å²) in [5, 5.41) is 3.98. The van der Waals surface area contributed by atoms with Crippen LogP contribution in [-0.2, 0) is 6.42 Å². The fraction of sp³-hybridized carbons (Fsp3) is 0.333. The normalized spacial score (nSPS) is 15.6. The second kappa shape index (κ2) is 9.75. The minimum Gasteiger partial charge on any atom is -0.373 e. The predicted octanol–water partition coefficient (Wildman–Crippen LogP) is 5.64. The summed E-state index contributed by atoms with van der Waals surface area (Å²) in [5.74, 6) is 1.69. The summed E-state index contributed by atoms with van der Waals surface area (Å²) in [7, 11) is 1.88. The van der Waals surface area contributed by atoms with E-state index >= 15 is 0 Å². The number of H-pyrrole nitrogens is 1. The summed E-state index contributed by atoms with van der Waals surface area (Å²) in [6.07, 6.45) is 4.73. The molecule has 162 valence electrons. The lowest BCUT2D eigenvalue weighted by Gasteiger charge is -2.36. The van der Waals surface area contributed by atoms with Crippen LogP contribution in [0.3, 0.4) is 0 Å². The van der Waals surface area contributed by atoms with Gasteiger partial charge in [-0.3, -0.25) is 4.79 Å². The molecule has 1 fully saturated rings. The Morgan fingerprint density at radius 1 is 1.16 bits per heavy atom. The van der Waals surface area contributed by atoms with Gasteiger partial charge in [-0.1, -0.05) is 29.3 Å². The first kappa shape index (κ1) is 21.7. The van der Waals surface area contributed by atoms with E-state index in [0.29, 0.717) is 27.4 Å². The number of hydrogen-bond acceptors (Lipinski definition) is 3. The third-order valence-corrected chi connectivity index (χ3v) is 6.81. The first-order chi connectivity index (χ1) is 15.0. The number of aromatic nitrogens is 2. The number of halogens is 2. The molecule has 4 rings (SSSR count). The molecule has 1 unspecified atom stereocenters. The molecule has 0 radical (unpaired) electrons. The molecule has 1 aliphatic rings. The molecule has 31 heavy (non-hydrogen) atoms. The van der Waals surface area contributed by atoms with Gasteiger partial charge in [-0.05, 0) is 67.6 Å². The van der Waals surface area contributed by atoms with Crippen molar-refractivity contribution in [2.24, 2.45) is 5.92 Å². The van der Waals surface area contributed by atoms with Crippen LogP contribution in [0, 0.1) is 5.92 Å². The summed E-state index contributed by atoms with van der Waals surface area (Å²) in [6, 6.07) is 15.4. The van der Waals surface area contributed by atoms with E-state index in [4.69, 9.17) is 28.2 Å². The van der Waals surface area contributed by atoms with Crippen molar-refractivity contribution in [3.8, 4) is 0 Å². The standard InChI is InChI=1S/C24H26Cl2N4O/c1-27-23-6-2-4-18(29-23)15-19(22-5-3-11-28-22)16-9-12-30(13-10-16)24(31)17-7-8-20(25)21(26)14-17/h2-8,11,14,16,19,28H,9-10,12-13,15H2,1H3,(H,27,29). The number of carbonyl (C=O) groups excluding carboxylic acids is 1. The van der Waals surface area contributed by atoms with E-state index in [0.717, 1.165) is 43.9 Å². The Morgan fingerprint density at radius 2 is 1.97 bits per heavy atom. The van der Waals surface area contributed by atoms with Gasteiger partial charge < -0.3 is 15.2 Å². The van der Waals surface area contributed by atoms with E-state index in [1.54, 1.807) is 18.2 Å². The molecule has 1 amide bonds. The van der Waals surface area contributed by atoms with Crippen LogP contribution in [0.15, 0.2) is 54.7 Å². The Labute approximate surface area is 192 Å². The van der Waals surface area contributed by atoms with Gasteiger partial charge in [0.05, 0.1) is 10.0 Å². The minimum atomic E-state index is 0.0110. The topological polar surface area (TPSA) is 61.0 Å². The molecule has 0 spiro atoms. The van der Waals surface area contributed by atoms with Crippen molar-refractivity contribution in [1.82, 2.24) is 14.9 Å². The van der Waals surface area contributed by atoms with Gasteiger partial charge in [0.25, 0.3) is 5.91 Å². The van der Waals surface area contributed by atoms with Gasteiger partial charge in [0.1, 0.15) is 5.82 Å². The number of anilines is 1. The van der Waals surface area contributed by atoms with Crippen LogP contribution in [0.5, 0.6) is 0 Å². The molecule has 0 bridgehead atoms. The van der Waals surface area contributed by atoms with Crippen LogP contribution in [0.2, 0.25) is 10.0 Å². The van der Waals surface area contributed by atoms with Crippen molar-refractivity contribution in [3.63, 3.8) is 0 Å². The number of aromatic amines is 1. The van der Waals surface area contributed by atoms with Crippen LogP contribution in [0.1, 0.15) is 40.5 Å². The molecule has 1 atom stereocenters. The lowest BCUT2D eigenvalue weighted by atomic mass is 9.79. The van der Waals surface area contributed by atoms with Crippen molar-refractivity contribution in [1.29, 1.82) is 0 Å². The lowest BCUT2D eigenvalue weighted by Crippen LogP contribution is -2.40. The average Bonchev–Trinajstić information content (AvgIpc) is 3.34. The van der Waals surface area contributed by atoms with Gasteiger partial charge in [-0.15, -0.1) is 0 Å². The molecule has 0 aliphatic carbocycles. The number of pyridine rings is 1. The summed E-state index contributed by atoms with van der Waals surface area (Å²) >= 11 is 12.1. The maximum Gasteiger partial charge on any atom is 0.253 e. The van der Waals surface area contributed by atoms with Gasteiger partial charge in [0.15, 0.2) is 0 Å². The average molecular weight is 457 g/mol. The molecule has 2 aromatic heterocycles. The van der Waals surface area contributed by atoms with Crippen molar-refractivity contribution in [2.75, 3.05) is 25.5 Å². The molecule has 0 saturated carbocycles. The third kappa shape index (κ3) is 5.05. The number of nitrogens with one attached hydrogen (secondary N) is 2. The number of piperidine rings is 1. The fourth-order valence-corrected chi connectivity index (χ4v) is 4.68. The number of hydrogen-bond donors (Lipinski definition) is 2. The molecular formula is C24H26Cl2N4O. The van der Waals surface area contributed by atoms with E-state index in [1.165, 1.54) is 5.69 Å². The molecule has 5 nitrogen and oxygen atoms in total. The highest BCUT2D eigenvalue weighted by atomic mass is 35.5. The zero-order valence-corrected chi connectivity index (χ0v) is 19.0. The number of benzene rings is 1. The first-order valence-electron chi connectivity index (χ1n) is 10.6. The van der Waals surface area contributed by atoms with Crippen LogP contribution in [0.25, 0.3) is 0 Å². The Hall–Kier alpha value is -2.50. The molecule has 7 heteroatoms. The van der Waals surface area contributed by atoms with Crippen molar-refractivity contribution >= 4 is 34.9 Å². The predicted molar refractivity (Wildman–Crippen MR) is 126 cm³/mol. The minimum absolute atomic E-state index is 0.0110. The second-order valence-corrected chi connectivity index (χ2v) is 8.77. The van der Waals surface area contributed by atoms with Gasteiger partial charge in [-0.25, -0.2) is 4.98 Å². The second-order valence-electron chi connectivity index (χ2n) is 7.96.